The van der Waals surface area contributed by atoms with E-state index in [2.05, 4.69) is 10.2 Å². The van der Waals surface area contributed by atoms with E-state index in [1.165, 1.54) is 0 Å². The zero-order valence-corrected chi connectivity index (χ0v) is 14.8. The number of hydrogen-bond donors (Lipinski definition) is 2. The minimum atomic E-state index is -0.505. The molecule has 0 spiro atoms. The number of likely N-dealkylation sites (tertiary alicyclic amines) is 1. The summed E-state index contributed by atoms with van der Waals surface area (Å²) in [4.78, 5) is 14.0. The van der Waals surface area contributed by atoms with Gasteiger partial charge in [0.05, 0.1) is 0 Å². The summed E-state index contributed by atoms with van der Waals surface area (Å²) < 4.78 is 5.61. The SMILES string of the molecule is CC(C)C(=O)NCC1CCCN(CC(O)COc2ccccc2)C1. The monoisotopic (exact) mass is 334 g/mol. The Bertz CT molecular complexity index is 493. The van der Waals surface area contributed by atoms with Crippen molar-refractivity contribution in [2.24, 2.45) is 11.8 Å². The van der Waals surface area contributed by atoms with Gasteiger partial charge < -0.3 is 20.1 Å². The summed E-state index contributed by atoms with van der Waals surface area (Å²) >= 11 is 0. The van der Waals surface area contributed by atoms with Gasteiger partial charge in [0.2, 0.25) is 5.91 Å². The number of piperidine rings is 1. The molecule has 1 amide bonds. The van der Waals surface area contributed by atoms with Crippen molar-refractivity contribution in [3.05, 3.63) is 30.3 Å². The van der Waals surface area contributed by atoms with Crippen LogP contribution in [0, 0.1) is 11.8 Å². The number of nitrogens with one attached hydrogen (secondary N) is 1. The van der Waals surface area contributed by atoms with Gasteiger partial charge in [0.25, 0.3) is 0 Å². The van der Waals surface area contributed by atoms with E-state index in [4.69, 9.17) is 4.74 Å². The summed E-state index contributed by atoms with van der Waals surface area (Å²) in [7, 11) is 0. The van der Waals surface area contributed by atoms with Crippen molar-refractivity contribution in [1.82, 2.24) is 10.2 Å². The molecule has 1 aromatic carbocycles. The lowest BCUT2D eigenvalue weighted by Crippen LogP contribution is -2.45. The lowest BCUT2D eigenvalue weighted by molar-refractivity contribution is -0.124. The third kappa shape index (κ3) is 6.49. The minimum absolute atomic E-state index is 0.0293. The van der Waals surface area contributed by atoms with Crippen LogP contribution in [0.25, 0.3) is 0 Å². The lowest BCUT2D eigenvalue weighted by Gasteiger charge is -2.34. The van der Waals surface area contributed by atoms with E-state index in [9.17, 15) is 9.90 Å². The van der Waals surface area contributed by atoms with E-state index in [1.807, 2.05) is 44.2 Å². The van der Waals surface area contributed by atoms with Crippen molar-refractivity contribution >= 4 is 5.91 Å². The molecule has 1 aliphatic rings. The Hall–Kier alpha value is -1.59. The fourth-order valence-electron chi connectivity index (χ4n) is 2.99. The highest BCUT2D eigenvalue weighted by Gasteiger charge is 2.22. The van der Waals surface area contributed by atoms with E-state index in [-0.39, 0.29) is 11.8 Å². The number of aliphatic hydroxyl groups is 1. The third-order valence-electron chi connectivity index (χ3n) is 4.35. The van der Waals surface area contributed by atoms with E-state index in [0.29, 0.717) is 19.1 Å². The Balaban J connectivity index is 1.69. The smallest absolute Gasteiger partial charge is 0.222 e. The van der Waals surface area contributed by atoms with Crippen molar-refractivity contribution in [2.75, 3.05) is 32.8 Å². The summed E-state index contributed by atoms with van der Waals surface area (Å²) in [5.74, 6) is 1.39. The van der Waals surface area contributed by atoms with Gasteiger partial charge >= 0.3 is 0 Å². The maximum absolute atomic E-state index is 11.7. The molecule has 1 aliphatic heterocycles. The third-order valence-corrected chi connectivity index (χ3v) is 4.35. The molecule has 2 rings (SSSR count). The molecule has 0 radical (unpaired) electrons. The van der Waals surface area contributed by atoms with Gasteiger partial charge in [0.1, 0.15) is 18.5 Å². The van der Waals surface area contributed by atoms with Crippen molar-refractivity contribution in [2.45, 2.75) is 32.8 Å². The van der Waals surface area contributed by atoms with Crippen molar-refractivity contribution in [3.63, 3.8) is 0 Å². The first kappa shape index (κ1) is 18.7. The van der Waals surface area contributed by atoms with Crippen LogP contribution in [-0.4, -0.2) is 54.8 Å². The van der Waals surface area contributed by atoms with E-state index in [0.717, 1.165) is 38.2 Å². The first-order chi connectivity index (χ1) is 11.5. The number of para-hydroxylation sites is 1. The number of rotatable bonds is 8. The molecule has 5 nitrogen and oxygen atoms in total. The van der Waals surface area contributed by atoms with Crippen LogP contribution < -0.4 is 10.1 Å². The average molecular weight is 334 g/mol. The number of nitrogens with zero attached hydrogens (tertiary/aromatic N) is 1. The molecule has 0 bridgehead atoms. The molecule has 0 aliphatic carbocycles. The van der Waals surface area contributed by atoms with Gasteiger partial charge in [-0.15, -0.1) is 0 Å². The molecule has 1 fully saturated rings. The highest BCUT2D eigenvalue weighted by molar-refractivity contribution is 5.77. The van der Waals surface area contributed by atoms with Crippen LogP contribution in [0.5, 0.6) is 5.75 Å². The summed E-state index contributed by atoms with van der Waals surface area (Å²) in [5.41, 5.74) is 0. The Morgan fingerprint density at radius 3 is 2.83 bits per heavy atom. The largest absolute Gasteiger partial charge is 0.491 e. The molecule has 2 unspecified atom stereocenters. The van der Waals surface area contributed by atoms with E-state index >= 15 is 0 Å². The Morgan fingerprint density at radius 1 is 1.38 bits per heavy atom. The Morgan fingerprint density at radius 2 is 2.12 bits per heavy atom. The topological polar surface area (TPSA) is 61.8 Å². The van der Waals surface area contributed by atoms with Gasteiger partial charge in [-0.2, -0.15) is 0 Å². The zero-order valence-electron chi connectivity index (χ0n) is 14.8. The maximum Gasteiger partial charge on any atom is 0.222 e. The minimum Gasteiger partial charge on any atom is -0.491 e. The molecule has 0 aromatic heterocycles. The van der Waals surface area contributed by atoms with Gasteiger partial charge in [0.15, 0.2) is 0 Å². The number of benzene rings is 1. The molecule has 2 N–H and O–H groups in total. The predicted octanol–water partition coefficient (Wildman–Crippen LogP) is 1.91. The number of carbonyl (C=O) groups excluding carboxylic acids is 1. The van der Waals surface area contributed by atoms with Crippen LogP contribution in [0.2, 0.25) is 0 Å². The highest BCUT2D eigenvalue weighted by atomic mass is 16.5. The Kier molecular flexibility index (Phi) is 7.53. The maximum atomic E-state index is 11.7. The number of hydrogen-bond acceptors (Lipinski definition) is 4. The van der Waals surface area contributed by atoms with Gasteiger partial charge in [-0.05, 0) is 37.4 Å². The van der Waals surface area contributed by atoms with Gasteiger partial charge in [-0.25, -0.2) is 0 Å². The first-order valence-electron chi connectivity index (χ1n) is 8.90. The molecule has 0 saturated carbocycles. The predicted molar refractivity (Wildman–Crippen MR) is 95.0 cm³/mol. The number of amides is 1. The summed E-state index contributed by atoms with van der Waals surface area (Å²) in [6, 6.07) is 9.56. The summed E-state index contributed by atoms with van der Waals surface area (Å²) in [5, 5.41) is 13.2. The molecular weight excluding hydrogens is 304 g/mol. The van der Waals surface area contributed by atoms with Crippen LogP contribution in [0.3, 0.4) is 0 Å². The number of aliphatic hydroxyl groups excluding tert-OH is 1. The standard InChI is InChI=1S/C19H30N2O3/c1-15(2)19(23)20-11-16-7-6-10-21(12-16)13-17(22)14-24-18-8-4-3-5-9-18/h3-5,8-9,15-17,22H,6-7,10-14H2,1-2H3,(H,20,23). The number of ether oxygens (including phenoxy) is 1. The van der Waals surface area contributed by atoms with Crippen LogP contribution >= 0.6 is 0 Å². The quantitative estimate of drug-likeness (QED) is 0.762. The van der Waals surface area contributed by atoms with Crippen LogP contribution in [-0.2, 0) is 4.79 Å². The fourth-order valence-corrected chi connectivity index (χ4v) is 2.99. The second-order valence-electron chi connectivity index (χ2n) is 6.95. The number of β-amino-alcohol motifs (C(OH)–C–C–N with tert-alkyl or cyclic N) is 1. The summed E-state index contributed by atoms with van der Waals surface area (Å²) in [6.45, 7) is 7.37. The molecule has 1 heterocycles. The van der Waals surface area contributed by atoms with Crippen LogP contribution in [0.4, 0.5) is 0 Å². The Labute approximate surface area is 145 Å². The molecule has 134 valence electrons. The number of carbonyl (C=O) groups is 1. The fraction of sp³-hybridized carbons (Fsp3) is 0.632. The van der Waals surface area contributed by atoms with E-state index < -0.39 is 6.10 Å². The lowest BCUT2D eigenvalue weighted by atomic mass is 9.97. The van der Waals surface area contributed by atoms with Gasteiger partial charge in [-0.1, -0.05) is 32.0 Å². The van der Waals surface area contributed by atoms with Gasteiger partial charge in [-0.3, -0.25) is 4.79 Å². The van der Waals surface area contributed by atoms with E-state index in [1.54, 1.807) is 0 Å². The molecule has 5 heteroatoms. The second-order valence-corrected chi connectivity index (χ2v) is 6.95. The summed E-state index contributed by atoms with van der Waals surface area (Å²) in [6.07, 6.45) is 1.73. The van der Waals surface area contributed by atoms with Crippen molar-refractivity contribution in [3.8, 4) is 5.75 Å². The first-order valence-corrected chi connectivity index (χ1v) is 8.90. The normalized spacial score (nSPS) is 19.9. The van der Waals surface area contributed by atoms with Crippen molar-refractivity contribution < 1.29 is 14.6 Å². The van der Waals surface area contributed by atoms with Crippen LogP contribution in [0.15, 0.2) is 30.3 Å². The van der Waals surface area contributed by atoms with Crippen LogP contribution in [0.1, 0.15) is 26.7 Å². The molecule has 1 saturated heterocycles. The highest BCUT2D eigenvalue weighted by Crippen LogP contribution is 2.16. The average Bonchev–Trinajstić information content (AvgIpc) is 2.59. The zero-order chi connectivity index (χ0) is 17.4. The van der Waals surface area contributed by atoms with Crippen molar-refractivity contribution in [1.29, 1.82) is 0 Å². The molecule has 1 aromatic rings. The second kappa shape index (κ2) is 9.64. The molecule has 2 atom stereocenters. The molecule has 24 heavy (non-hydrogen) atoms. The van der Waals surface area contributed by atoms with Gasteiger partial charge in [0, 0.05) is 25.6 Å². The molecular formula is C19H30N2O3.